The van der Waals surface area contributed by atoms with Gasteiger partial charge in [-0.1, -0.05) is 6.92 Å². The third-order valence-electron chi connectivity index (χ3n) is 2.34. The molecule has 0 amide bonds. The van der Waals surface area contributed by atoms with Crippen molar-refractivity contribution in [2.75, 3.05) is 6.54 Å². The molecule has 1 aromatic rings. The number of hydrogen-bond donors (Lipinski definition) is 1. The molecule has 12 heavy (non-hydrogen) atoms. The maximum absolute atomic E-state index is 5.58. The van der Waals surface area contributed by atoms with E-state index in [1.165, 1.54) is 5.56 Å². The standard InChI is InChI=1S/C9H17N3/c1-7-5-11-12(6-7)9(3)8(2)4-10/h5-6,8-9H,4,10H2,1-3H3. The Bertz CT molecular complexity index is 242. The summed E-state index contributed by atoms with van der Waals surface area (Å²) in [5, 5.41) is 4.25. The zero-order valence-corrected chi connectivity index (χ0v) is 7.99. The predicted molar refractivity (Wildman–Crippen MR) is 49.9 cm³/mol. The van der Waals surface area contributed by atoms with Gasteiger partial charge in [-0.2, -0.15) is 5.10 Å². The lowest BCUT2D eigenvalue weighted by atomic mass is 10.1. The molecule has 2 N–H and O–H groups in total. The van der Waals surface area contributed by atoms with E-state index in [0.717, 1.165) is 0 Å². The maximum Gasteiger partial charge on any atom is 0.0528 e. The minimum atomic E-state index is 0.392. The van der Waals surface area contributed by atoms with Crippen molar-refractivity contribution in [2.24, 2.45) is 11.7 Å². The summed E-state index contributed by atoms with van der Waals surface area (Å²) >= 11 is 0. The van der Waals surface area contributed by atoms with Crippen molar-refractivity contribution >= 4 is 0 Å². The number of rotatable bonds is 3. The van der Waals surface area contributed by atoms with Crippen LogP contribution in [0.3, 0.4) is 0 Å². The second kappa shape index (κ2) is 3.72. The van der Waals surface area contributed by atoms with Gasteiger partial charge in [0.2, 0.25) is 0 Å². The fraction of sp³-hybridized carbons (Fsp3) is 0.667. The van der Waals surface area contributed by atoms with Crippen molar-refractivity contribution in [3.63, 3.8) is 0 Å². The first-order valence-corrected chi connectivity index (χ1v) is 4.36. The van der Waals surface area contributed by atoms with Crippen molar-refractivity contribution in [1.29, 1.82) is 0 Å². The van der Waals surface area contributed by atoms with Crippen molar-refractivity contribution in [2.45, 2.75) is 26.8 Å². The van der Waals surface area contributed by atoms with Gasteiger partial charge in [0.1, 0.15) is 0 Å². The summed E-state index contributed by atoms with van der Waals surface area (Å²) in [6, 6.07) is 0.392. The van der Waals surface area contributed by atoms with Gasteiger partial charge < -0.3 is 5.73 Å². The van der Waals surface area contributed by atoms with Crippen LogP contribution in [0.15, 0.2) is 12.4 Å². The zero-order valence-electron chi connectivity index (χ0n) is 7.99. The van der Waals surface area contributed by atoms with E-state index in [2.05, 4.69) is 25.1 Å². The molecule has 0 fully saturated rings. The fourth-order valence-electron chi connectivity index (χ4n) is 1.11. The molecule has 2 atom stereocenters. The molecule has 0 radical (unpaired) electrons. The molecule has 0 aliphatic carbocycles. The highest BCUT2D eigenvalue weighted by Gasteiger charge is 2.12. The summed E-state index contributed by atoms with van der Waals surface area (Å²) < 4.78 is 1.98. The molecule has 68 valence electrons. The van der Waals surface area contributed by atoms with Crippen LogP contribution in [0, 0.1) is 12.8 Å². The monoisotopic (exact) mass is 167 g/mol. The lowest BCUT2D eigenvalue weighted by Crippen LogP contribution is -2.21. The minimum absolute atomic E-state index is 0.392. The van der Waals surface area contributed by atoms with Crippen molar-refractivity contribution in [1.82, 2.24) is 9.78 Å². The van der Waals surface area contributed by atoms with E-state index in [1.54, 1.807) is 0 Å². The van der Waals surface area contributed by atoms with Crippen LogP contribution in [-0.2, 0) is 0 Å². The highest BCUT2D eigenvalue weighted by atomic mass is 15.3. The van der Waals surface area contributed by atoms with Crippen LogP contribution in [0.25, 0.3) is 0 Å². The first-order valence-electron chi connectivity index (χ1n) is 4.36. The maximum atomic E-state index is 5.58. The highest BCUT2D eigenvalue weighted by Crippen LogP contribution is 2.15. The molecule has 1 rings (SSSR count). The Morgan fingerprint density at radius 3 is 2.67 bits per heavy atom. The van der Waals surface area contributed by atoms with Crippen LogP contribution in [-0.4, -0.2) is 16.3 Å². The first kappa shape index (κ1) is 9.26. The highest BCUT2D eigenvalue weighted by molar-refractivity contribution is 5.00. The molecule has 1 heterocycles. The quantitative estimate of drug-likeness (QED) is 0.738. The molecule has 2 unspecified atom stereocenters. The van der Waals surface area contributed by atoms with Gasteiger partial charge in [-0.3, -0.25) is 4.68 Å². The number of nitrogens with zero attached hydrogens (tertiary/aromatic N) is 2. The van der Waals surface area contributed by atoms with Gasteiger partial charge in [-0.15, -0.1) is 0 Å². The molecule has 0 aliphatic heterocycles. The van der Waals surface area contributed by atoms with E-state index in [9.17, 15) is 0 Å². The Morgan fingerprint density at radius 1 is 1.58 bits per heavy atom. The predicted octanol–water partition coefficient (Wildman–Crippen LogP) is 1.35. The Hall–Kier alpha value is -0.830. The van der Waals surface area contributed by atoms with Gasteiger partial charge in [-0.25, -0.2) is 0 Å². The van der Waals surface area contributed by atoms with E-state index in [4.69, 9.17) is 5.73 Å². The average molecular weight is 167 g/mol. The van der Waals surface area contributed by atoms with Crippen LogP contribution in [0.2, 0.25) is 0 Å². The van der Waals surface area contributed by atoms with Crippen molar-refractivity contribution in [3.8, 4) is 0 Å². The molecular formula is C9H17N3. The van der Waals surface area contributed by atoms with Crippen molar-refractivity contribution < 1.29 is 0 Å². The molecule has 0 saturated heterocycles. The fourth-order valence-corrected chi connectivity index (χ4v) is 1.11. The van der Waals surface area contributed by atoms with Crippen LogP contribution in [0.5, 0.6) is 0 Å². The summed E-state index contributed by atoms with van der Waals surface area (Å²) in [5.74, 6) is 0.476. The summed E-state index contributed by atoms with van der Waals surface area (Å²) in [4.78, 5) is 0. The molecule has 3 heteroatoms. The van der Waals surface area contributed by atoms with E-state index < -0.39 is 0 Å². The number of hydrogen-bond acceptors (Lipinski definition) is 2. The van der Waals surface area contributed by atoms with Crippen LogP contribution >= 0.6 is 0 Å². The summed E-state index contributed by atoms with van der Waals surface area (Å²) in [6.45, 7) is 7.04. The van der Waals surface area contributed by atoms with Gasteiger partial charge in [0.15, 0.2) is 0 Å². The Kier molecular flexibility index (Phi) is 2.87. The molecular weight excluding hydrogens is 150 g/mol. The van der Waals surface area contributed by atoms with Gasteiger partial charge in [-0.05, 0) is 31.9 Å². The second-order valence-electron chi connectivity index (χ2n) is 3.45. The van der Waals surface area contributed by atoms with Gasteiger partial charge >= 0.3 is 0 Å². The molecule has 1 aromatic heterocycles. The smallest absolute Gasteiger partial charge is 0.0528 e. The lowest BCUT2D eigenvalue weighted by Gasteiger charge is -2.18. The minimum Gasteiger partial charge on any atom is -0.330 e. The Balaban J connectivity index is 2.70. The normalized spacial score (nSPS) is 16.0. The molecule has 0 spiro atoms. The lowest BCUT2D eigenvalue weighted by molar-refractivity contribution is 0.358. The second-order valence-corrected chi connectivity index (χ2v) is 3.45. The molecule has 0 saturated carbocycles. The van der Waals surface area contributed by atoms with Crippen LogP contribution in [0.1, 0.15) is 25.5 Å². The largest absolute Gasteiger partial charge is 0.330 e. The summed E-state index contributed by atoms with van der Waals surface area (Å²) in [7, 11) is 0. The SMILES string of the molecule is Cc1cnn(C(C)C(C)CN)c1. The Labute approximate surface area is 73.6 Å². The Morgan fingerprint density at radius 2 is 2.25 bits per heavy atom. The van der Waals surface area contributed by atoms with Gasteiger partial charge in [0.25, 0.3) is 0 Å². The molecule has 0 bridgehead atoms. The van der Waals surface area contributed by atoms with Gasteiger partial charge in [0, 0.05) is 6.20 Å². The van der Waals surface area contributed by atoms with E-state index in [-0.39, 0.29) is 0 Å². The summed E-state index contributed by atoms with van der Waals surface area (Å²) in [5.41, 5.74) is 6.78. The zero-order chi connectivity index (χ0) is 9.14. The molecule has 3 nitrogen and oxygen atoms in total. The topological polar surface area (TPSA) is 43.8 Å². The van der Waals surface area contributed by atoms with Gasteiger partial charge in [0.05, 0.1) is 12.2 Å². The third-order valence-corrected chi connectivity index (χ3v) is 2.34. The number of nitrogens with two attached hydrogens (primary N) is 1. The van der Waals surface area contributed by atoms with E-state index >= 15 is 0 Å². The average Bonchev–Trinajstić information content (AvgIpc) is 2.49. The van der Waals surface area contributed by atoms with E-state index in [1.807, 2.05) is 17.8 Å². The number of aromatic nitrogens is 2. The van der Waals surface area contributed by atoms with E-state index in [0.29, 0.717) is 18.5 Å². The van der Waals surface area contributed by atoms with Crippen LogP contribution in [0.4, 0.5) is 0 Å². The van der Waals surface area contributed by atoms with Crippen molar-refractivity contribution in [3.05, 3.63) is 18.0 Å². The van der Waals surface area contributed by atoms with Crippen LogP contribution < -0.4 is 5.73 Å². The number of aryl methyl sites for hydroxylation is 1. The third kappa shape index (κ3) is 1.85. The molecule has 0 aliphatic rings. The first-order chi connectivity index (χ1) is 5.65. The summed E-state index contributed by atoms with van der Waals surface area (Å²) in [6.07, 6.45) is 3.93. The molecule has 0 aromatic carbocycles.